The highest BCUT2D eigenvalue weighted by molar-refractivity contribution is 5.63. The largest absolute Gasteiger partial charge is 0.497 e. The quantitative estimate of drug-likeness (QED) is 0.582. The predicted octanol–water partition coefficient (Wildman–Crippen LogP) is 3.67. The van der Waals surface area contributed by atoms with Gasteiger partial charge in [-0.3, -0.25) is 4.90 Å². The van der Waals surface area contributed by atoms with E-state index in [0.717, 1.165) is 37.6 Å². The van der Waals surface area contributed by atoms with Crippen LogP contribution < -0.4 is 14.4 Å². The molecule has 1 fully saturated rings. The van der Waals surface area contributed by atoms with E-state index in [1.165, 1.54) is 6.07 Å². The standard InChI is InChI=1S/C21H22F2N4O3/c1-28-16-6-4-5-15(13-16)27-11-9-26(10-12-27)14-19-24-20(25-30-19)17-7-2-3-8-18(17)29-21(22)23/h2-8,13,21H,9-12,14H2,1H3. The zero-order valence-electron chi connectivity index (χ0n) is 16.5. The van der Waals surface area contributed by atoms with Gasteiger partial charge in [-0.1, -0.05) is 23.4 Å². The van der Waals surface area contributed by atoms with Crippen LogP contribution in [-0.4, -0.2) is 54.9 Å². The van der Waals surface area contributed by atoms with Gasteiger partial charge in [0.15, 0.2) is 0 Å². The molecule has 0 radical (unpaired) electrons. The second-order valence-corrected chi connectivity index (χ2v) is 6.85. The first-order valence-electron chi connectivity index (χ1n) is 9.60. The van der Waals surface area contributed by atoms with Gasteiger partial charge < -0.3 is 18.9 Å². The summed E-state index contributed by atoms with van der Waals surface area (Å²) in [6, 6.07) is 14.4. The number of para-hydroxylation sites is 1. The number of methoxy groups -OCH3 is 1. The summed E-state index contributed by atoms with van der Waals surface area (Å²) in [5.74, 6) is 1.53. The van der Waals surface area contributed by atoms with Crippen LogP contribution in [0.2, 0.25) is 0 Å². The van der Waals surface area contributed by atoms with Gasteiger partial charge in [-0.25, -0.2) is 0 Å². The number of aromatic nitrogens is 2. The lowest BCUT2D eigenvalue weighted by molar-refractivity contribution is -0.0494. The van der Waals surface area contributed by atoms with Crippen molar-refractivity contribution in [2.75, 3.05) is 38.2 Å². The summed E-state index contributed by atoms with van der Waals surface area (Å²) in [5.41, 5.74) is 1.50. The van der Waals surface area contributed by atoms with E-state index in [9.17, 15) is 8.78 Å². The molecular formula is C21H22F2N4O3. The fourth-order valence-electron chi connectivity index (χ4n) is 3.44. The number of hydrogen-bond donors (Lipinski definition) is 0. The van der Waals surface area contributed by atoms with E-state index < -0.39 is 6.61 Å². The number of anilines is 1. The van der Waals surface area contributed by atoms with Crippen LogP contribution in [0.5, 0.6) is 11.5 Å². The maximum Gasteiger partial charge on any atom is 0.387 e. The minimum atomic E-state index is -2.92. The minimum absolute atomic E-state index is 0.0201. The van der Waals surface area contributed by atoms with Gasteiger partial charge in [-0.05, 0) is 24.3 Å². The van der Waals surface area contributed by atoms with Gasteiger partial charge in [0.1, 0.15) is 11.5 Å². The van der Waals surface area contributed by atoms with E-state index in [2.05, 4.69) is 30.7 Å². The van der Waals surface area contributed by atoms with E-state index in [1.54, 1.807) is 25.3 Å². The van der Waals surface area contributed by atoms with Gasteiger partial charge in [0, 0.05) is 37.9 Å². The number of alkyl halides is 2. The summed E-state index contributed by atoms with van der Waals surface area (Å²) in [5, 5.41) is 3.94. The summed E-state index contributed by atoms with van der Waals surface area (Å²) in [6.45, 7) is 0.966. The van der Waals surface area contributed by atoms with Crippen LogP contribution in [0.4, 0.5) is 14.5 Å². The molecule has 2 aromatic carbocycles. The number of nitrogens with zero attached hydrogens (tertiary/aromatic N) is 4. The van der Waals surface area contributed by atoms with Crippen molar-refractivity contribution in [3.8, 4) is 22.9 Å². The molecule has 1 aromatic heterocycles. The Balaban J connectivity index is 1.37. The van der Waals surface area contributed by atoms with Crippen LogP contribution in [0, 0.1) is 0 Å². The van der Waals surface area contributed by atoms with Crippen LogP contribution >= 0.6 is 0 Å². The first kappa shape index (κ1) is 20.1. The third-order valence-corrected chi connectivity index (χ3v) is 4.96. The Morgan fingerprint density at radius 1 is 1.07 bits per heavy atom. The molecule has 1 aliphatic rings. The summed E-state index contributed by atoms with van der Waals surface area (Å²) in [7, 11) is 1.66. The molecule has 0 bridgehead atoms. The van der Waals surface area contributed by atoms with Gasteiger partial charge in [0.2, 0.25) is 11.7 Å². The van der Waals surface area contributed by atoms with Crippen molar-refractivity contribution in [3.05, 3.63) is 54.4 Å². The normalized spacial score (nSPS) is 14.9. The zero-order valence-corrected chi connectivity index (χ0v) is 16.5. The Hall–Kier alpha value is -3.20. The van der Waals surface area contributed by atoms with Crippen molar-refractivity contribution >= 4 is 5.69 Å². The van der Waals surface area contributed by atoms with Gasteiger partial charge in [0.25, 0.3) is 0 Å². The molecule has 1 saturated heterocycles. The molecule has 9 heteroatoms. The molecule has 3 aromatic rings. The van der Waals surface area contributed by atoms with E-state index in [0.29, 0.717) is 18.0 Å². The lowest BCUT2D eigenvalue weighted by atomic mass is 10.2. The summed E-state index contributed by atoms with van der Waals surface area (Å²) in [4.78, 5) is 8.89. The van der Waals surface area contributed by atoms with Crippen LogP contribution in [0.15, 0.2) is 53.1 Å². The average Bonchev–Trinajstić information content (AvgIpc) is 3.22. The summed E-state index contributed by atoms with van der Waals surface area (Å²) < 4.78 is 40.4. The Morgan fingerprint density at radius 3 is 2.63 bits per heavy atom. The summed E-state index contributed by atoms with van der Waals surface area (Å²) in [6.07, 6.45) is 0. The van der Waals surface area contributed by atoms with Gasteiger partial charge in [0.05, 0.1) is 19.2 Å². The first-order valence-corrected chi connectivity index (χ1v) is 9.60. The topological polar surface area (TPSA) is 63.9 Å². The number of piperazine rings is 1. The van der Waals surface area contributed by atoms with Crippen molar-refractivity contribution in [2.45, 2.75) is 13.2 Å². The highest BCUT2D eigenvalue weighted by atomic mass is 19.3. The Bertz CT molecular complexity index is 974. The van der Waals surface area contributed by atoms with Crippen molar-refractivity contribution in [1.29, 1.82) is 0 Å². The van der Waals surface area contributed by atoms with Gasteiger partial charge >= 0.3 is 6.61 Å². The van der Waals surface area contributed by atoms with Crippen LogP contribution in [0.1, 0.15) is 5.89 Å². The Morgan fingerprint density at radius 2 is 1.87 bits per heavy atom. The van der Waals surface area contributed by atoms with E-state index in [-0.39, 0.29) is 11.6 Å². The van der Waals surface area contributed by atoms with E-state index in [1.807, 2.05) is 18.2 Å². The monoisotopic (exact) mass is 416 g/mol. The highest BCUT2D eigenvalue weighted by Gasteiger charge is 2.21. The third-order valence-electron chi connectivity index (χ3n) is 4.96. The number of halogens is 2. The van der Waals surface area contributed by atoms with Crippen molar-refractivity contribution < 1.29 is 22.8 Å². The minimum Gasteiger partial charge on any atom is -0.497 e. The molecular weight excluding hydrogens is 394 g/mol. The number of ether oxygens (including phenoxy) is 2. The molecule has 0 aliphatic carbocycles. The molecule has 158 valence electrons. The van der Waals surface area contributed by atoms with Gasteiger partial charge in [-0.2, -0.15) is 13.8 Å². The average molecular weight is 416 g/mol. The van der Waals surface area contributed by atoms with Crippen molar-refractivity contribution in [2.24, 2.45) is 0 Å². The molecule has 0 amide bonds. The Kier molecular flexibility index (Phi) is 6.08. The number of benzene rings is 2. The molecule has 1 aliphatic heterocycles. The smallest absolute Gasteiger partial charge is 0.387 e. The second kappa shape index (κ2) is 9.08. The van der Waals surface area contributed by atoms with E-state index in [4.69, 9.17) is 9.26 Å². The lowest BCUT2D eigenvalue weighted by Crippen LogP contribution is -2.46. The van der Waals surface area contributed by atoms with Gasteiger partial charge in [-0.15, -0.1) is 0 Å². The Labute approximate surface area is 172 Å². The molecule has 0 N–H and O–H groups in total. The van der Waals surface area contributed by atoms with Crippen LogP contribution in [0.25, 0.3) is 11.4 Å². The molecule has 0 atom stereocenters. The SMILES string of the molecule is COc1cccc(N2CCN(Cc3nc(-c4ccccc4OC(F)F)no3)CC2)c1. The molecule has 4 rings (SSSR count). The second-order valence-electron chi connectivity index (χ2n) is 6.85. The first-order chi connectivity index (χ1) is 14.6. The molecule has 2 heterocycles. The molecule has 0 spiro atoms. The molecule has 30 heavy (non-hydrogen) atoms. The highest BCUT2D eigenvalue weighted by Crippen LogP contribution is 2.29. The maximum atomic E-state index is 12.6. The fourth-order valence-corrected chi connectivity index (χ4v) is 3.44. The van der Waals surface area contributed by atoms with E-state index >= 15 is 0 Å². The lowest BCUT2D eigenvalue weighted by Gasteiger charge is -2.35. The summed E-state index contributed by atoms with van der Waals surface area (Å²) >= 11 is 0. The zero-order chi connectivity index (χ0) is 20.9. The molecule has 0 saturated carbocycles. The van der Waals surface area contributed by atoms with Crippen molar-refractivity contribution in [3.63, 3.8) is 0 Å². The molecule has 0 unspecified atom stereocenters. The maximum absolute atomic E-state index is 12.6. The van der Waals surface area contributed by atoms with Crippen LogP contribution in [0.3, 0.4) is 0 Å². The fraction of sp³-hybridized carbons (Fsp3) is 0.333. The predicted molar refractivity (Wildman–Crippen MR) is 107 cm³/mol. The molecule has 7 nitrogen and oxygen atoms in total. The number of rotatable bonds is 7. The van der Waals surface area contributed by atoms with Crippen molar-refractivity contribution in [1.82, 2.24) is 15.0 Å². The third kappa shape index (κ3) is 4.68. The van der Waals surface area contributed by atoms with Crippen LogP contribution in [-0.2, 0) is 6.54 Å². The number of hydrogen-bond acceptors (Lipinski definition) is 7.